The van der Waals surface area contributed by atoms with Crippen molar-refractivity contribution in [2.45, 2.75) is 26.7 Å². The standard InChI is InChI=1S/C26H29ClN4O2/c1-18(2)16-28-25(32)20-12-14-30(15-13-20)26(33)23-17-31(22-6-4-3-5-7-22)29-24(23)19-8-10-21(27)11-9-19/h3-11,17-18,20H,12-16H2,1-2H3,(H,28,32). The van der Waals surface area contributed by atoms with Crippen molar-refractivity contribution < 1.29 is 9.59 Å². The summed E-state index contributed by atoms with van der Waals surface area (Å²) in [5.74, 6) is 0.399. The number of para-hydroxylation sites is 1. The van der Waals surface area contributed by atoms with Crippen molar-refractivity contribution in [2.75, 3.05) is 19.6 Å². The number of nitrogens with one attached hydrogen (secondary N) is 1. The van der Waals surface area contributed by atoms with E-state index in [1.165, 1.54) is 0 Å². The molecule has 2 amide bonds. The molecule has 0 bridgehead atoms. The minimum Gasteiger partial charge on any atom is -0.356 e. The van der Waals surface area contributed by atoms with Crippen molar-refractivity contribution in [3.05, 3.63) is 71.4 Å². The summed E-state index contributed by atoms with van der Waals surface area (Å²) in [7, 11) is 0. The third-order valence-electron chi connectivity index (χ3n) is 5.92. The molecule has 1 aliphatic rings. The summed E-state index contributed by atoms with van der Waals surface area (Å²) in [6.07, 6.45) is 3.13. The predicted molar refractivity (Wildman–Crippen MR) is 130 cm³/mol. The fourth-order valence-electron chi connectivity index (χ4n) is 4.03. The number of amides is 2. The van der Waals surface area contributed by atoms with Gasteiger partial charge in [-0.25, -0.2) is 4.68 Å². The van der Waals surface area contributed by atoms with Crippen molar-refractivity contribution in [3.63, 3.8) is 0 Å². The van der Waals surface area contributed by atoms with Crippen molar-refractivity contribution in [1.82, 2.24) is 20.0 Å². The molecule has 0 saturated carbocycles. The van der Waals surface area contributed by atoms with E-state index in [1.54, 1.807) is 23.0 Å². The first-order chi connectivity index (χ1) is 15.9. The van der Waals surface area contributed by atoms with Crippen LogP contribution in [0.1, 0.15) is 37.0 Å². The van der Waals surface area contributed by atoms with Crippen molar-refractivity contribution in [2.24, 2.45) is 11.8 Å². The van der Waals surface area contributed by atoms with E-state index >= 15 is 0 Å². The molecule has 1 aromatic heterocycles. The lowest BCUT2D eigenvalue weighted by Gasteiger charge is -2.31. The highest BCUT2D eigenvalue weighted by molar-refractivity contribution is 6.30. The lowest BCUT2D eigenvalue weighted by molar-refractivity contribution is -0.126. The molecule has 1 saturated heterocycles. The molecule has 4 rings (SSSR count). The van der Waals surface area contributed by atoms with Crippen LogP contribution in [0.15, 0.2) is 60.8 Å². The first kappa shape index (κ1) is 23.1. The molecule has 0 aliphatic carbocycles. The van der Waals surface area contributed by atoms with Gasteiger partial charge in [-0.1, -0.05) is 55.8 Å². The SMILES string of the molecule is CC(C)CNC(=O)C1CCN(C(=O)c2cn(-c3ccccc3)nc2-c2ccc(Cl)cc2)CC1. The summed E-state index contributed by atoms with van der Waals surface area (Å²) in [5.41, 5.74) is 2.88. The highest BCUT2D eigenvalue weighted by atomic mass is 35.5. The topological polar surface area (TPSA) is 67.2 Å². The third kappa shape index (κ3) is 5.45. The van der Waals surface area contributed by atoms with E-state index in [0.717, 1.165) is 11.3 Å². The zero-order valence-electron chi connectivity index (χ0n) is 19.0. The van der Waals surface area contributed by atoms with Crippen molar-refractivity contribution >= 4 is 23.4 Å². The average molecular weight is 465 g/mol. The number of hydrogen-bond acceptors (Lipinski definition) is 3. The van der Waals surface area contributed by atoms with Gasteiger partial charge >= 0.3 is 0 Å². The van der Waals surface area contributed by atoms with Crippen LogP contribution in [-0.4, -0.2) is 46.1 Å². The maximum atomic E-state index is 13.5. The Hall–Kier alpha value is -3.12. The van der Waals surface area contributed by atoms with Crippen LogP contribution in [0, 0.1) is 11.8 Å². The summed E-state index contributed by atoms with van der Waals surface area (Å²) < 4.78 is 1.74. The second kappa shape index (κ2) is 10.2. The van der Waals surface area contributed by atoms with E-state index in [0.29, 0.717) is 54.7 Å². The summed E-state index contributed by atoms with van der Waals surface area (Å²) >= 11 is 6.07. The molecular formula is C26H29ClN4O2. The highest BCUT2D eigenvalue weighted by Crippen LogP contribution is 2.28. The van der Waals surface area contributed by atoms with Crippen LogP contribution in [0.25, 0.3) is 16.9 Å². The number of carbonyl (C=O) groups excluding carboxylic acids is 2. The van der Waals surface area contributed by atoms with Gasteiger partial charge in [-0.3, -0.25) is 9.59 Å². The molecule has 0 atom stereocenters. The van der Waals surface area contributed by atoms with E-state index in [-0.39, 0.29) is 17.7 Å². The largest absolute Gasteiger partial charge is 0.356 e. The Kier molecular flexibility index (Phi) is 7.14. The van der Waals surface area contributed by atoms with Gasteiger partial charge in [0, 0.05) is 42.3 Å². The molecule has 0 spiro atoms. The van der Waals surface area contributed by atoms with Crippen LogP contribution in [0.5, 0.6) is 0 Å². The monoisotopic (exact) mass is 464 g/mol. The van der Waals surface area contributed by atoms with Gasteiger partial charge in [0.1, 0.15) is 5.69 Å². The molecular weight excluding hydrogens is 436 g/mol. The molecule has 6 nitrogen and oxygen atoms in total. The number of rotatable bonds is 6. The van der Waals surface area contributed by atoms with Gasteiger partial charge < -0.3 is 10.2 Å². The number of hydrogen-bond donors (Lipinski definition) is 1. The molecule has 7 heteroatoms. The lowest BCUT2D eigenvalue weighted by Crippen LogP contribution is -2.43. The van der Waals surface area contributed by atoms with E-state index in [4.69, 9.17) is 16.7 Å². The van der Waals surface area contributed by atoms with E-state index < -0.39 is 0 Å². The van der Waals surface area contributed by atoms with Gasteiger partial charge in [0.05, 0.1) is 11.3 Å². The number of likely N-dealkylation sites (tertiary alicyclic amines) is 1. The van der Waals surface area contributed by atoms with Crippen LogP contribution in [0.4, 0.5) is 0 Å². The van der Waals surface area contributed by atoms with Crippen molar-refractivity contribution in [1.29, 1.82) is 0 Å². The first-order valence-electron chi connectivity index (χ1n) is 11.4. The molecule has 2 heterocycles. The summed E-state index contributed by atoms with van der Waals surface area (Å²) in [6.45, 7) is 5.94. The van der Waals surface area contributed by atoms with Crippen molar-refractivity contribution in [3.8, 4) is 16.9 Å². The number of benzene rings is 2. The molecule has 1 aliphatic heterocycles. The van der Waals surface area contributed by atoms with Crippen LogP contribution < -0.4 is 5.32 Å². The number of piperidine rings is 1. The smallest absolute Gasteiger partial charge is 0.257 e. The Morgan fingerprint density at radius 3 is 2.36 bits per heavy atom. The summed E-state index contributed by atoms with van der Waals surface area (Å²) in [4.78, 5) is 27.8. The fraction of sp³-hybridized carbons (Fsp3) is 0.346. The zero-order chi connectivity index (χ0) is 23.4. The molecule has 0 radical (unpaired) electrons. The quantitative estimate of drug-likeness (QED) is 0.568. The highest BCUT2D eigenvalue weighted by Gasteiger charge is 2.30. The molecule has 33 heavy (non-hydrogen) atoms. The molecule has 0 unspecified atom stereocenters. The van der Waals surface area contributed by atoms with Gasteiger partial charge in [-0.2, -0.15) is 5.10 Å². The van der Waals surface area contributed by atoms with Gasteiger partial charge in [0.15, 0.2) is 0 Å². The third-order valence-corrected chi connectivity index (χ3v) is 6.17. The second-order valence-electron chi connectivity index (χ2n) is 8.88. The molecule has 1 N–H and O–H groups in total. The van der Waals surface area contributed by atoms with E-state index in [1.807, 2.05) is 47.4 Å². The first-order valence-corrected chi connectivity index (χ1v) is 11.8. The lowest BCUT2D eigenvalue weighted by atomic mass is 9.95. The Morgan fingerprint density at radius 2 is 1.73 bits per heavy atom. The Balaban J connectivity index is 1.55. The minimum absolute atomic E-state index is 0.0458. The normalized spacial score (nSPS) is 14.5. The molecule has 2 aromatic carbocycles. The Morgan fingerprint density at radius 1 is 1.06 bits per heavy atom. The Labute approximate surface area is 199 Å². The molecule has 3 aromatic rings. The maximum absolute atomic E-state index is 13.5. The zero-order valence-corrected chi connectivity index (χ0v) is 19.8. The molecule has 1 fully saturated rings. The minimum atomic E-state index is -0.0665. The Bertz CT molecular complexity index is 1100. The maximum Gasteiger partial charge on any atom is 0.257 e. The summed E-state index contributed by atoms with van der Waals surface area (Å²) in [6, 6.07) is 17.1. The van der Waals surface area contributed by atoms with Crippen LogP contribution in [0.3, 0.4) is 0 Å². The second-order valence-corrected chi connectivity index (χ2v) is 9.32. The number of carbonyl (C=O) groups is 2. The number of aromatic nitrogens is 2. The van der Waals surface area contributed by atoms with Crippen LogP contribution in [0.2, 0.25) is 5.02 Å². The van der Waals surface area contributed by atoms with Gasteiger partial charge in [-0.15, -0.1) is 0 Å². The average Bonchev–Trinajstić information content (AvgIpc) is 3.28. The van der Waals surface area contributed by atoms with Gasteiger partial charge in [-0.05, 0) is 43.0 Å². The predicted octanol–water partition coefficient (Wildman–Crippen LogP) is 4.82. The number of halogens is 1. The summed E-state index contributed by atoms with van der Waals surface area (Å²) in [5, 5.41) is 8.39. The number of nitrogens with zero attached hydrogens (tertiary/aromatic N) is 3. The fourth-order valence-corrected chi connectivity index (χ4v) is 4.15. The van der Waals surface area contributed by atoms with Crippen LogP contribution >= 0.6 is 11.6 Å². The van der Waals surface area contributed by atoms with E-state index in [2.05, 4.69) is 19.2 Å². The molecule has 172 valence electrons. The van der Waals surface area contributed by atoms with Gasteiger partial charge in [0.2, 0.25) is 5.91 Å². The van der Waals surface area contributed by atoms with E-state index in [9.17, 15) is 9.59 Å². The van der Waals surface area contributed by atoms with Crippen LogP contribution in [-0.2, 0) is 4.79 Å². The van der Waals surface area contributed by atoms with Gasteiger partial charge in [0.25, 0.3) is 5.91 Å².